The van der Waals surface area contributed by atoms with Gasteiger partial charge in [-0.3, -0.25) is 14.4 Å². The van der Waals surface area contributed by atoms with Crippen molar-refractivity contribution in [1.82, 2.24) is 9.80 Å². The SMILES string of the molecule is C=CCOC(=O)[C@H]1[C@H]2C(=O)N([C@@H](CO)[C@@H](C)CC)C(C(=O)N(CC=C)CCCC)C23CC[C@]1(CC)O3. The molecule has 7 atom stereocenters. The zero-order valence-corrected chi connectivity index (χ0v) is 22.4. The first-order chi connectivity index (χ1) is 17.2. The number of rotatable bonds is 14. The van der Waals surface area contributed by atoms with Gasteiger partial charge in [0.2, 0.25) is 11.8 Å². The molecule has 2 bridgehead atoms. The molecule has 0 aliphatic carbocycles. The quantitative estimate of drug-likeness (QED) is 0.289. The van der Waals surface area contributed by atoms with Crippen LogP contribution in [-0.2, 0) is 23.9 Å². The van der Waals surface area contributed by atoms with E-state index in [9.17, 15) is 19.5 Å². The Kier molecular flexibility index (Phi) is 9.04. The van der Waals surface area contributed by atoms with Crippen LogP contribution in [0.1, 0.15) is 66.2 Å². The van der Waals surface area contributed by atoms with Crippen LogP contribution in [0.3, 0.4) is 0 Å². The van der Waals surface area contributed by atoms with Crippen molar-refractivity contribution < 1.29 is 29.0 Å². The monoisotopic (exact) mass is 504 g/mol. The minimum atomic E-state index is -1.13. The van der Waals surface area contributed by atoms with Crippen LogP contribution in [0, 0.1) is 17.8 Å². The molecule has 2 unspecified atom stereocenters. The number of aliphatic hydroxyl groups is 1. The fourth-order valence-corrected chi connectivity index (χ4v) is 6.67. The molecule has 2 amide bonds. The topological polar surface area (TPSA) is 96.4 Å². The van der Waals surface area contributed by atoms with E-state index in [2.05, 4.69) is 20.1 Å². The maximum atomic E-state index is 14.3. The molecule has 0 aromatic carbocycles. The average Bonchev–Trinajstić information content (AvgIpc) is 3.49. The first kappa shape index (κ1) is 28.4. The van der Waals surface area contributed by atoms with Gasteiger partial charge in [-0.25, -0.2) is 0 Å². The van der Waals surface area contributed by atoms with Gasteiger partial charge in [0.05, 0.1) is 24.2 Å². The molecular formula is C28H44N2O6. The molecule has 8 nitrogen and oxygen atoms in total. The van der Waals surface area contributed by atoms with E-state index in [1.54, 1.807) is 15.9 Å². The molecule has 8 heteroatoms. The fraction of sp³-hybridized carbons (Fsp3) is 0.750. The van der Waals surface area contributed by atoms with Gasteiger partial charge >= 0.3 is 5.97 Å². The highest BCUT2D eigenvalue weighted by molar-refractivity contribution is 5.98. The van der Waals surface area contributed by atoms with Gasteiger partial charge in [0.1, 0.15) is 24.2 Å². The molecular weight excluding hydrogens is 460 g/mol. The third-order valence-electron chi connectivity index (χ3n) is 8.74. The molecule has 3 saturated heterocycles. The number of amides is 2. The summed E-state index contributed by atoms with van der Waals surface area (Å²) < 4.78 is 12.2. The van der Waals surface area contributed by atoms with Crippen LogP contribution in [0.15, 0.2) is 25.3 Å². The summed E-state index contributed by atoms with van der Waals surface area (Å²) in [4.78, 5) is 45.2. The second kappa shape index (κ2) is 11.5. The summed E-state index contributed by atoms with van der Waals surface area (Å²) in [5, 5.41) is 10.4. The van der Waals surface area contributed by atoms with E-state index in [4.69, 9.17) is 9.47 Å². The molecule has 202 valence electrons. The van der Waals surface area contributed by atoms with E-state index in [0.717, 1.165) is 19.3 Å². The first-order valence-corrected chi connectivity index (χ1v) is 13.5. The largest absolute Gasteiger partial charge is 0.461 e. The number of unbranched alkanes of at least 4 members (excludes halogenated alkanes) is 1. The number of hydrogen-bond acceptors (Lipinski definition) is 6. The van der Waals surface area contributed by atoms with Gasteiger partial charge < -0.3 is 24.4 Å². The fourth-order valence-electron chi connectivity index (χ4n) is 6.67. The van der Waals surface area contributed by atoms with Crippen molar-refractivity contribution in [3.63, 3.8) is 0 Å². The summed E-state index contributed by atoms with van der Waals surface area (Å²) in [5.41, 5.74) is -1.98. The zero-order chi connectivity index (χ0) is 26.7. The third kappa shape index (κ3) is 4.40. The van der Waals surface area contributed by atoms with Crippen molar-refractivity contribution in [2.45, 2.75) is 89.5 Å². The van der Waals surface area contributed by atoms with Crippen LogP contribution in [-0.4, -0.2) is 82.3 Å². The van der Waals surface area contributed by atoms with Gasteiger partial charge in [-0.05, 0) is 31.6 Å². The van der Waals surface area contributed by atoms with E-state index in [0.29, 0.717) is 32.4 Å². The molecule has 3 fully saturated rings. The zero-order valence-electron chi connectivity index (χ0n) is 22.4. The van der Waals surface area contributed by atoms with Crippen molar-refractivity contribution in [2.75, 3.05) is 26.3 Å². The molecule has 3 rings (SSSR count). The maximum Gasteiger partial charge on any atom is 0.313 e. The lowest BCUT2D eigenvalue weighted by Gasteiger charge is -2.41. The predicted molar refractivity (Wildman–Crippen MR) is 137 cm³/mol. The Morgan fingerprint density at radius 1 is 1.28 bits per heavy atom. The molecule has 0 aromatic heterocycles. The van der Waals surface area contributed by atoms with E-state index in [1.807, 2.05) is 20.8 Å². The summed E-state index contributed by atoms with van der Waals surface area (Å²) in [6.45, 7) is 16.1. The van der Waals surface area contributed by atoms with Crippen molar-refractivity contribution in [2.24, 2.45) is 17.8 Å². The number of fused-ring (bicyclic) bond motifs is 1. The number of esters is 1. The number of ether oxygens (including phenoxy) is 2. The number of aliphatic hydroxyl groups excluding tert-OH is 1. The lowest BCUT2D eigenvalue weighted by Crippen LogP contribution is -2.60. The second-order valence-corrected chi connectivity index (χ2v) is 10.6. The number of hydrogen-bond donors (Lipinski definition) is 1. The van der Waals surface area contributed by atoms with Gasteiger partial charge in [-0.2, -0.15) is 0 Å². The Morgan fingerprint density at radius 2 is 2.00 bits per heavy atom. The summed E-state index contributed by atoms with van der Waals surface area (Å²) >= 11 is 0. The predicted octanol–water partition coefficient (Wildman–Crippen LogP) is 3.09. The number of carbonyl (C=O) groups excluding carboxylic acids is 3. The van der Waals surface area contributed by atoms with Crippen LogP contribution in [0.25, 0.3) is 0 Å². The van der Waals surface area contributed by atoms with E-state index >= 15 is 0 Å². The number of likely N-dealkylation sites (tertiary alicyclic amines) is 1. The van der Waals surface area contributed by atoms with Crippen LogP contribution in [0.5, 0.6) is 0 Å². The molecule has 3 aliphatic heterocycles. The molecule has 3 aliphatic rings. The highest BCUT2D eigenvalue weighted by atomic mass is 16.6. The Bertz CT molecular complexity index is 861. The standard InChI is InChI=1S/C28H44N2O6/c1-7-12-16-29(15-8-2)25(33)23-28-14-13-27(11-5,36-28)22(26(34)35-17-9-3)21(28)24(32)30(23)20(18-31)19(6)10-4/h8-9,19-23,31H,2-3,7,10-18H2,1,4-6H3/t19-,20-,21-,22+,23?,27-,28?/m0/s1. The number of nitrogens with zero attached hydrogens (tertiary/aromatic N) is 2. The lowest BCUT2D eigenvalue weighted by atomic mass is 9.65. The van der Waals surface area contributed by atoms with Gasteiger partial charge in [0, 0.05) is 13.1 Å². The second-order valence-electron chi connectivity index (χ2n) is 10.6. The summed E-state index contributed by atoms with van der Waals surface area (Å²) in [6.07, 6.45) is 7.27. The van der Waals surface area contributed by atoms with Gasteiger partial charge in [0.25, 0.3) is 0 Å². The third-order valence-corrected chi connectivity index (χ3v) is 8.74. The Hall–Kier alpha value is -2.19. The maximum absolute atomic E-state index is 14.3. The van der Waals surface area contributed by atoms with Crippen LogP contribution < -0.4 is 0 Å². The molecule has 0 radical (unpaired) electrons. The van der Waals surface area contributed by atoms with Crippen LogP contribution >= 0.6 is 0 Å². The molecule has 0 saturated carbocycles. The van der Waals surface area contributed by atoms with E-state index in [1.165, 1.54) is 6.08 Å². The first-order valence-electron chi connectivity index (χ1n) is 13.5. The Labute approximate surface area is 215 Å². The summed E-state index contributed by atoms with van der Waals surface area (Å²) in [6, 6.07) is -1.47. The van der Waals surface area contributed by atoms with Crippen molar-refractivity contribution in [1.29, 1.82) is 0 Å². The Balaban J connectivity index is 2.15. The Morgan fingerprint density at radius 3 is 2.56 bits per heavy atom. The van der Waals surface area contributed by atoms with Crippen LogP contribution in [0.2, 0.25) is 0 Å². The highest BCUT2D eigenvalue weighted by Gasteiger charge is 2.79. The molecule has 0 aromatic rings. The summed E-state index contributed by atoms with van der Waals surface area (Å²) in [7, 11) is 0. The molecule has 1 spiro atoms. The van der Waals surface area contributed by atoms with E-state index < -0.39 is 41.1 Å². The van der Waals surface area contributed by atoms with Crippen LogP contribution in [0.4, 0.5) is 0 Å². The van der Waals surface area contributed by atoms with Crippen molar-refractivity contribution in [3.8, 4) is 0 Å². The van der Waals surface area contributed by atoms with E-state index in [-0.39, 0.29) is 30.9 Å². The molecule has 3 heterocycles. The molecule has 1 N–H and O–H groups in total. The average molecular weight is 505 g/mol. The van der Waals surface area contributed by atoms with Crippen molar-refractivity contribution >= 4 is 17.8 Å². The minimum absolute atomic E-state index is 0.0449. The smallest absolute Gasteiger partial charge is 0.313 e. The molecule has 36 heavy (non-hydrogen) atoms. The van der Waals surface area contributed by atoms with Gasteiger partial charge in [0.15, 0.2) is 0 Å². The highest BCUT2D eigenvalue weighted by Crippen LogP contribution is 2.65. The minimum Gasteiger partial charge on any atom is -0.461 e. The van der Waals surface area contributed by atoms with Gasteiger partial charge in [-0.15, -0.1) is 6.58 Å². The summed E-state index contributed by atoms with van der Waals surface area (Å²) in [5.74, 6) is -2.65. The normalized spacial score (nSPS) is 32.2. The van der Waals surface area contributed by atoms with Crippen molar-refractivity contribution in [3.05, 3.63) is 25.3 Å². The lowest BCUT2D eigenvalue weighted by molar-refractivity contribution is -0.163. The van der Waals surface area contributed by atoms with Gasteiger partial charge in [-0.1, -0.05) is 59.3 Å². The number of carbonyl (C=O) groups is 3.